The van der Waals surface area contributed by atoms with E-state index in [0.717, 1.165) is 0 Å². The quantitative estimate of drug-likeness (QED) is 0.578. The molecule has 0 aliphatic carbocycles. The van der Waals surface area contributed by atoms with Crippen molar-refractivity contribution in [2.75, 3.05) is 7.11 Å². The molecular formula is C5H9F3O2. The minimum absolute atomic E-state index is 0.941. The summed E-state index contributed by atoms with van der Waals surface area (Å²) in [6.07, 6.45) is -6.61. The topological polar surface area (TPSA) is 18.5 Å². The van der Waals surface area contributed by atoms with E-state index < -0.39 is 19.1 Å². The molecule has 0 radical (unpaired) electrons. The summed E-state index contributed by atoms with van der Waals surface area (Å²) < 4.78 is 43.0. The molecule has 62 valence electrons. The molecule has 0 aromatic rings. The van der Waals surface area contributed by atoms with E-state index in [1.807, 2.05) is 0 Å². The van der Waals surface area contributed by atoms with Crippen LogP contribution in [0.15, 0.2) is 0 Å². The van der Waals surface area contributed by atoms with Crippen molar-refractivity contribution in [1.29, 1.82) is 0 Å². The summed E-state index contributed by atoms with van der Waals surface area (Å²) in [5.41, 5.74) is 0. The van der Waals surface area contributed by atoms with E-state index in [9.17, 15) is 13.2 Å². The monoisotopic (exact) mass is 158 g/mol. The van der Waals surface area contributed by atoms with Gasteiger partial charge in [0.15, 0.2) is 6.29 Å². The average molecular weight is 158 g/mol. The molecule has 0 aromatic carbocycles. The molecule has 10 heavy (non-hydrogen) atoms. The lowest BCUT2D eigenvalue weighted by molar-refractivity contribution is -0.220. The Bertz CT molecular complexity index is 89.0. The summed E-state index contributed by atoms with van der Waals surface area (Å²) in [5.74, 6) is 0. The lowest BCUT2D eigenvalue weighted by Crippen LogP contribution is -2.23. The number of hydrogen-bond donors (Lipinski definition) is 0. The highest BCUT2D eigenvalue weighted by molar-refractivity contribution is 4.43. The van der Waals surface area contributed by atoms with Gasteiger partial charge in [0.25, 0.3) is 12.8 Å². The summed E-state index contributed by atoms with van der Waals surface area (Å²) in [5, 5.41) is 0. The van der Waals surface area contributed by atoms with Gasteiger partial charge in [0.05, 0.1) is 0 Å². The Morgan fingerprint density at radius 1 is 1.20 bits per heavy atom. The molecule has 5 heteroatoms. The van der Waals surface area contributed by atoms with Crippen molar-refractivity contribution in [3.05, 3.63) is 0 Å². The molecule has 0 bridgehead atoms. The van der Waals surface area contributed by atoms with Crippen molar-refractivity contribution in [3.8, 4) is 0 Å². The van der Waals surface area contributed by atoms with Crippen LogP contribution < -0.4 is 0 Å². The molecule has 0 rings (SSSR count). The van der Waals surface area contributed by atoms with Crippen molar-refractivity contribution in [2.45, 2.75) is 26.0 Å². The molecule has 0 heterocycles. The van der Waals surface area contributed by atoms with Crippen LogP contribution in [0.3, 0.4) is 0 Å². The first-order valence-corrected chi connectivity index (χ1v) is 2.68. The highest BCUT2D eigenvalue weighted by Gasteiger charge is 2.21. The zero-order valence-electron chi connectivity index (χ0n) is 5.68. The van der Waals surface area contributed by atoms with Gasteiger partial charge in [0.2, 0.25) is 0 Å². The molecule has 0 fully saturated rings. The fourth-order valence-corrected chi connectivity index (χ4v) is 0.298. The van der Waals surface area contributed by atoms with Gasteiger partial charge in [-0.2, -0.15) is 0 Å². The number of methoxy groups -OCH3 is 1. The highest BCUT2D eigenvalue weighted by atomic mass is 19.3. The summed E-state index contributed by atoms with van der Waals surface area (Å²) in [4.78, 5) is 0. The van der Waals surface area contributed by atoms with Gasteiger partial charge in [0, 0.05) is 7.11 Å². The van der Waals surface area contributed by atoms with Crippen molar-refractivity contribution >= 4 is 0 Å². The number of ether oxygens (including phenoxy) is 2. The summed E-state index contributed by atoms with van der Waals surface area (Å²) >= 11 is 0. The first-order valence-electron chi connectivity index (χ1n) is 2.68. The van der Waals surface area contributed by atoms with Crippen molar-refractivity contribution in [2.24, 2.45) is 0 Å². The molecule has 2 nitrogen and oxygen atoms in total. The Kier molecular flexibility index (Phi) is 4.38. The summed E-state index contributed by atoms with van der Waals surface area (Å²) in [6.45, 7) is 1.33. The molecule has 0 spiro atoms. The maximum atomic E-state index is 11.9. The molecule has 2 atom stereocenters. The fraction of sp³-hybridized carbons (Fsp3) is 1.00. The van der Waals surface area contributed by atoms with E-state index in [1.165, 1.54) is 14.0 Å². The zero-order valence-corrected chi connectivity index (χ0v) is 5.68. The highest BCUT2D eigenvalue weighted by Crippen LogP contribution is 2.09. The zero-order chi connectivity index (χ0) is 8.15. The van der Waals surface area contributed by atoms with Crippen LogP contribution in [0, 0.1) is 0 Å². The fourth-order valence-electron chi connectivity index (χ4n) is 0.298. The van der Waals surface area contributed by atoms with Gasteiger partial charge in [0.1, 0.15) is 0 Å². The van der Waals surface area contributed by atoms with E-state index in [2.05, 4.69) is 9.47 Å². The standard InChI is InChI=1S/C5H9F3O2/c1-3(9-2)10-5(8)4(6)7/h3-5H,1-2H3. The molecule has 0 saturated heterocycles. The molecule has 2 unspecified atom stereocenters. The molecule has 0 aliphatic rings. The van der Waals surface area contributed by atoms with Crippen LogP contribution in [0.4, 0.5) is 13.2 Å². The van der Waals surface area contributed by atoms with E-state index in [0.29, 0.717) is 0 Å². The molecule has 0 N–H and O–H groups in total. The lowest BCUT2D eigenvalue weighted by Gasteiger charge is -2.13. The van der Waals surface area contributed by atoms with Gasteiger partial charge in [-0.25, -0.2) is 13.2 Å². The number of alkyl halides is 3. The smallest absolute Gasteiger partial charge is 0.293 e. The van der Waals surface area contributed by atoms with E-state index >= 15 is 0 Å². The first kappa shape index (κ1) is 9.71. The molecule has 0 saturated carbocycles. The van der Waals surface area contributed by atoms with E-state index in [-0.39, 0.29) is 0 Å². The minimum atomic E-state index is -3.11. The lowest BCUT2D eigenvalue weighted by atomic mass is 10.7. The van der Waals surface area contributed by atoms with Gasteiger partial charge in [-0.05, 0) is 6.92 Å². The molecule has 0 amide bonds. The van der Waals surface area contributed by atoms with Crippen LogP contribution in [0.5, 0.6) is 0 Å². The summed E-state index contributed by atoms with van der Waals surface area (Å²) in [7, 11) is 1.24. The van der Waals surface area contributed by atoms with Crippen LogP contribution in [0.25, 0.3) is 0 Å². The van der Waals surface area contributed by atoms with Gasteiger partial charge < -0.3 is 9.47 Å². The van der Waals surface area contributed by atoms with Gasteiger partial charge in [-0.3, -0.25) is 0 Å². The Balaban J connectivity index is 3.46. The number of hydrogen-bond acceptors (Lipinski definition) is 2. The SMILES string of the molecule is COC(C)OC(F)C(F)F. The first-order chi connectivity index (χ1) is 4.57. The normalized spacial score (nSPS) is 17.4. The van der Waals surface area contributed by atoms with Crippen LogP contribution >= 0.6 is 0 Å². The predicted octanol–water partition coefficient (Wildman–Crippen LogP) is 1.56. The second-order valence-electron chi connectivity index (χ2n) is 1.63. The number of rotatable bonds is 4. The van der Waals surface area contributed by atoms with Gasteiger partial charge >= 0.3 is 0 Å². The van der Waals surface area contributed by atoms with Gasteiger partial charge in [-0.15, -0.1) is 0 Å². The van der Waals surface area contributed by atoms with Crippen LogP contribution in [0.2, 0.25) is 0 Å². The molecule has 0 aromatic heterocycles. The van der Waals surface area contributed by atoms with Crippen molar-refractivity contribution in [3.63, 3.8) is 0 Å². The number of halogens is 3. The Morgan fingerprint density at radius 3 is 2.00 bits per heavy atom. The molecule has 0 aliphatic heterocycles. The third kappa shape index (κ3) is 3.68. The predicted molar refractivity (Wildman–Crippen MR) is 28.5 cm³/mol. The second kappa shape index (κ2) is 4.51. The van der Waals surface area contributed by atoms with Crippen molar-refractivity contribution < 1.29 is 22.6 Å². The molecular weight excluding hydrogens is 149 g/mol. The van der Waals surface area contributed by atoms with E-state index in [4.69, 9.17) is 0 Å². The third-order valence-electron chi connectivity index (χ3n) is 0.852. The van der Waals surface area contributed by atoms with E-state index in [1.54, 1.807) is 0 Å². The Labute approximate surface area is 56.9 Å². The minimum Gasteiger partial charge on any atom is -0.356 e. The second-order valence-corrected chi connectivity index (χ2v) is 1.63. The van der Waals surface area contributed by atoms with Crippen LogP contribution in [-0.4, -0.2) is 26.2 Å². The maximum Gasteiger partial charge on any atom is 0.293 e. The summed E-state index contributed by atoms with van der Waals surface area (Å²) in [6, 6.07) is 0. The Morgan fingerprint density at radius 2 is 1.70 bits per heavy atom. The third-order valence-corrected chi connectivity index (χ3v) is 0.852. The van der Waals surface area contributed by atoms with Crippen molar-refractivity contribution in [1.82, 2.24) is 0 Å². The van der Waals surface area contributed by atoms with Crippen LogP contribution in [0.1, 0.15) is 6.92 Å². The van der Waals surface area contributed by atoms with Gasteiger partial charge in [-0.1, -0.05) is 0 Å². The largest absolute Gasteiger partial charge is 0.356 e. The average Bonchev–Trinajstić information content (AvgIpc) is 1.87. The van der Waals surface area contributed by atoms with Crippen LogP contribution in [-0.2, 0) is 9.47 Å². The maximum absolute atomic E-state index is 11.9. The Hall–Kier alpha value is -0.290.